The fourth-order valence-corrected chi connectivity index (χ4v) is 2.55. The van der Waals surface area contributed by atoms with E-state index in [0.717, 1.165) is 29.7 Å². The van der Waals surface area contributed by atoms with E-state index in [1.165, 1.54) is 12.8 Å². The Morgan fingerprint density at radius 3 is 2.67 bits per heavy atom. The number of aromatic nitrogens is 1. The number of hydrogen-bond acceptors (Lipinski definition) is 3. The van der Waals surface area contributed by atoms with Gasteiger partial charge in [0.1, 0.15) is 11.9 Å². The Kier molecular flexibility index (Phi) is 5.16. The Hall–Kier alpha value is -2.08. The van der Waals surface area contributed by atoms with Gasteiger partial charge < -0.3 is 4.90 Å². The summed E-state index contributed by atoms with van der Waals surface area (Å²) in [5.41, 5.74) is 1.62. The highest BCUT2D eigenvalue weighted by Gasteiger charge is 2.16. The molecule has 0 unspecified atom stereocenters. The molecule has 1 aromatic carbocycles. The molecule has 0 aliphatic heterocycles. The molecule has 0 atom stereocenters. The molecule has 1 aromatic heterocycles. The van der Waals surface area contributed by atoms with E-state index in [9.17, 15) is 5.26 Å². The predicted molar refractivity (Wildman–Crippen MR) is 88.5 cm³/mol. The van der Waals surface area contributed by atoms with E-state index in [0.29, 0.717) is 11.6 Å². The molecule has 0 saturated carbocycles. The van der Waals surface area contributed by atoms with Gasteiger partial charge in [0.15, 0.2) is 0 Å². The van der Waals surface area contributed by atoms with E-state index < -0.39 is 0 Å². The molecule has 21 heavy (non-hydrogen) atoms. The van der Waals surface area contributed by atoms with Crippen molar-refractivity contribution in [3.8, 4) is 6.07 Å². The Bertz CT molecular complexity index is 640. The SMILES string of the molecule is CCCCCN(c1nc2ccccc2cc1C#N)C(C)C. The molecule has 2 aromatic rings. The Morgan fingerprint density at radius 1 is 1.24 bits per heavy atom. The van der Waals surface area contributed by atoms with Crippen molar-refractivity contribution in [1.82, 2.24) is 4.98 Å². The van der Waals surface area contributed by atoms with Crippen molar-refractivity contribution in [3.05, 3.63) is 35.9 Å². The molecule has 0 aliphatic carbocycles. The van der Waals surface area contributed by atoms with Crippen LogP contribution in [0.3, 0.4) is 0 Å². The van der Waals surface area contributed by atoms with E-state index in [1.807, 2.05) is 30.3 Å². The van der Waals surface area contributed by atoms with Crippen molar-refractivity contribution in [1.29, 1.82) is 5.26 Å². The second-order valence-corrected chi connectivity index (χ2v) is 5.66. The second-order valence-electron chi connectivity index (χ2n) is 5.66. The Labute approximate surface area is 127 Å². The normalized spacial score (nSPS) is 10.8. The van der Waals surface area contributed by atoms with Gasteiger partial charge in [0, 0.05) is 18.0 Å². The van der Waals surface area contributed by atoms with Gasteiger partial charge in [0.2, 0.25) is 0 Å². The van der Waals surface area contributed by atoms with Gasteiger partial charge in [-0.15, -0.1) is 0 Å². The van der Waals surface area contributed by atoms with E-state index in [4.69, 9.17) is 4.98 Å². The lowest BCUT2D eigenvalue weighted by atomic mass is 10.1. The summed E-state index contributed by atoms with van der Waals surface area (Å²) in [4.78, 5) is 7.00. The molecule has 3 heteroatoms. The van der Waals surface area contributed by atoms with Gasteiger partial charge in [0.05, 0.1) is 11.1 Å². The van der Waals surface area contributed by atoms with Crippen molar-refractivity contribution in [3.63, 3.8) is 0 Å². The molecule has 0 aliphatic rings. The maximum Gasteiger partial charge on any atom is 0.147 e. The topological polar surface area (TPSA) is 39.9 Å². The van der Waals surface area contributed by atoms with Crippen molar-refractivity contribution in [2.75, 3.05) is 11.4 Å². The first-order valence-corrected chi connectivity index (χ1v) is 7.74. The lowest BCUT2D eigenvalue weighted by Gasteiger charge is -2.29. The summed E-state index contributed by atoms with van der Waals surface area (Å²) < 4.78 is 0. The molecule has 0 spiro atoms. The minimum absolute atomic E-state index is 0.336. The Morgan fingerprint density at radius 2 is 2.00 bits per heavy atom. The summed E-state index contributed by atoms with van der Waals surface area (Å²) in [5.74, 6) is 0.822. The van der Waals surface area contributed by atoms with Gasteiger partial charge >= 0.3 is 0 Å². The summed E-state index contributed by atoms with van der Waals surface area (Å²) in [6.45, 7) is 7.47. The summed E-state index contributed by atoms with van der Waals surface area (Å²) in [7, 11) is 0. The van der Waals surface area contributed by atoms with Crippen LogP contribution in [0.2, 0.25) is 0 Å². The number of rotatable bonds is 6. The van der Waals surface area contributed by atoms with Gasteiger partial charge in [-0.2, -0.15) is 5.26 Å². The highest BCUT2D eigenvalue weighted by atomic mass is 15.2. The van der Waals surface area contributed by atoms with Gasteiger partial charge in [-0.3, -0.25) is 0 Å². The zero-order valence-corrected chi connectivity index (χ0v) is 13.1. The van der Waals surface area contributed by atoms with Crippen LogP contribution in [-0.2, 0) is 0 Å². The standard InChI is InChI=1S/C18H23N3/c1-4-5-8-11-21(14(2)3)18-16(13-19)12-15-9-6-7-10-17(15)20-18/h6-7,9-10,12,14H,4-5,8,11H2,1-3H3. The van der Waals surface area contributed by atoms with Gasteiger partial charge in [-0.25, -0.2) is 4.98 Å². The van der Waals surface area contributed by atoms with Crippen molar-refractivity contribution >= 4 is 16.7 Å². The van der Waals surface area contributed by atoms with Crippen molar-refractivity contribution in [2.24, 2.45) is 0 Å². The first-order chi connectivity index (χ1) is 10.2. The van der Waals surface area contributed by atoms with E-state index in [2.05, 4.69) is 31.7 Å². The quantitative estimate of drug-likeness (QED) is 0.731. The van der Waals surface area contributed by atoms with E-state index in [1.54, 1.807) is 0 Å². The third-order valence-corrected chi connectivity index (χ3v) is 3.72. The summed E-state index contributed by atoms with van der Waals surface area (Å²) in [5, 5.41) is 10.5. The van der Waals surface area contributed by atoms with Crippen LogP contribution in [0.25, 0.3) is 10.9 Å². The third-order valence-electron chi connectivity index (χ3n) is 3.72. The molecule has 0 saturated heterocycles. The molecule has 1 heterocycles. The number of hydrogen-bond donors (Lipinski definition) is 0. The molecule has 3 nitrogen and oxygen atoms in total. The first kappa shape index (κ1) is 15.3. The van der Waals surface area contributed by atoms with Crippen LogP contribution in [0.5, 0.6) is 0 Å². The Balaban J connectivity index is 2.43. The number of benzene rings is 1. The smallest absolute Gasteiger partial charge is 0.147 e. The van der Waals surface area contributed by atoms with Crippen LogP contribution in [0.1, 0.15) is 45.6 Å². The summed E-state index contributed by atoms with van der Waals surface area (Å²) >= 11 is 0. The monoisotopic (exact) mass is 281 g/mol. The van der Waals surface area contributed by atoms with Crippen LogP contribution in [0.15, 0.2) is 30.3 Å². The van der Waals surface area contributed by atoms with Crippen LogP contribution in [0.4, 0.5) is 5.82 Å². The number of unbranched alkanes of at least 4 members (excludes halogenated alkanes) is 2. The van der Waals surface area contributed by atoms with Gasteiger partial charge in [0.25, 0.3) is 0 Å². The molecular formula is C18H23N3. The number of para-hydroxylation sites is 1. The average Bonchev–Trinajstić information content (AvgIpc) is 2.50. The van der Waals surface area contributed by atoms with Crippen molar-refractivity contribution < 1.29 is 0 Å². The fourth-order valence-electron chi connectivity index (χ4n) is 2.55. The summed E-state index contributed by atoms with van der Waals surface area (Å²) in [6, 6.07) is 12.6. The molecular weight excluding hydrogens is 258 g/mol. The van der Waals surface area contributed by atoms with Crippen molar-refractivity contribution in [2.45, 2.75) is 46.1 Å². The minimum atomic E-state index is 0.336. The zero-order chi connectivity index (χ0) is 15.2. The number of nitrogens with zero attached hydrogens (tertiary/aromatic N) is 3. The van der Waals surface area contributed by atoms with Crippen LogP contribution in [0, 0.1) is 11.3 Å². The largest absolute Gasteiger partial charge is 0.353 e. The summed E-state index contributed by atoms with van der Waals surface area (Å²) in [6.07, 6.45) is 3.54. The average molecular weight is 281 g/mol. The number of anilines is 1. The lowest BCUT2D eigenvalue weighted by Crippen LogP contribution is -2.33. The molecule has 110 valence electrons. The first-order valence-electron chi connectivity index (χ1n) is 7.74. The molecule has 0 radical (unpaired) electrons. The molecule has 0 N–H and O–H groups in total. The zero-order valence-electron chi connectivity index (χ0n) is 13.1. The van der Waals surface area contributed by atoms with Gasteiger partial charge in [-0.05, 0) is 32.4 Å². The number of fused-ring (bicyclic) bond motifs is 1. The highest BCUT2D eigenvalue weighted by molar-refractivity contribution is 5.83. The molecule has 2 rings (SSSR count). The molecule has 0 fully saturated rings. The maximum absolute atomic E-state index is 9.46. The second kappa shape index (κ2) is 7.08. The highest BCUT2D eigenvalue weighted by Crippen LogP contribution is 2.25. The fraction of sp³-hybridized carbons (Fsp3) is 0.444. The number of pyridine rings is 1. The van der Waals surface area contributed by atoms with Gasteiger partial charge in [-0.1, -0.05) is 38.0 Å². The van der Waals surface area contributed by atoms with Crippen LogP contribution >= 0.6 is 0 Å². The van der Waals surface area contributed by atoms with Crippen LogP contribution < -0.4 is 4.90 Å². The molecule has 0 bridgehead atoms. The van der Waals surface area contributed by atoms with E-state index in [-0.39, 0.29) is 0 Å². The maximum atomic E-state index is 9.46. The number of nitriles is 1. The predicted octanol–water partition coefficient (Wildman–Crippen LogP) is 4.51. The van der Waals surface area contributed by atoms with Crippen LogP contribution in [-0.4, -0.2) is 17.6 Å². The van der Waals surface area contributed by atoms with E-state index >= 15 is 0 Å². The third kappa shape index (κ3) is 3.52. The minimum Gasteiger partial charge on any atom is -0.353 e. The molecule has 0 amide bonds. The lowest BCUT2D eigenvalue weighted by molar-refractivity contribution is 0.620.